The van der Waals surface area contributed by atoms with Gasteiger partial charge in [0.15, 0.2) is 0 Å². The molecule has 1 aromatic carbocycles. The lowest BCUT2D eigenvalue weighted by molar-refractivity contribution is 0.0698. The molecule has 2 amide bonds. The van der Waals surface area contributed by atoms with E-state index >= 15 is 0 Å². The van der Waals surface area contributed by atoms with Crippen LogP contribution in [-0.2, 0) is 0 Å². The molecular formula is C13H10BrN3O3. The lowest BCUT2D eigenvalue weighted by Crippen LogP contribution is -2.21. The first-order valence-corrected chi connectivity index (χ1v) is 6.37. The molecular weight excluding hydrogens is 326 g/mol. The Labute approximate surface area is 123 Å². The van der Waals surface area contributed by atoms with Gasteiger partial charge in [-0.2, -0.15) is 0 Å². The molecule has 1 heterocycles. The van der Waals surface area contributed by atoms with Crippen molar-refractivity contribution in [1.29, 1.82) is 0 Å². The van der Waals surface area contributed by atoms with Crippen molar-refractivity contribution in [2.24, 2.45) is 0 Å². The Balaban J connectivity index is 2.14. The fraction of sp³-hybridized carbons (Fsp3) is 0. The molecule has 102 valence electrons. The number of aromatic carboxylic acids is 1. The Morgan fingerprint density at radius 1 is 1.15 bits per heavy atom. The summed E-state index contributed by atoms with van der Waals surface area (Å²) in [5.74, 6) is -0.751. The standard InChI is InChI=1S/C13H10BrN3O3/c14-8-4-5-10(9(7-8)12(18)19)16-13(20)17-11-3-1-2-6-15-11/h1-7H,(H,18,19)(H2,15,16,17,20). The molecule has 0 saturated carbocycles. The number of anilines is 2. The molecule has 3 N–H and O–H groups in total. The maximum Gasteiger partial charge on any atom is 0.337 e. The van der Waals surface area contributed by atoms with Crippen LogP contribution in [0.3, 0.4) is 0 Å². The van der Waals surface area contributed by atoms with Crippen molar-refractivity contribution in [3.63, 3.8) is 0 Å². The zero-order valence-electron chi connectivity index (χ0n) is 10.1. The first kappa shape index (κ1) is 14.0. The number of rotatable bonds is 3. The quantitative estimate of drug-likeness (QED) is 0.803. The summed E-state index contributed by atoms with van der Waals surface area (Å²) in [6, 6.07) is 9.07. The van der Waals surface area contributed by atoms with Crippen LogP contribution in [0.5, 0.6) is 0 Å². The number of hydrogen-bond donors (Lipinski definition) is 3. The molecule has 0 radical (unpaired) electrons. The van der Waals surface area contributed by atoms with E-state index in [2.05, 4.69) is 31.5 Å². The lowest BCUT2D eigenvalue weighted by atomic mass is 10.2. The van der Waals surface area contributed by atoms with Crippen molar-refractivity contribution in [2.75, 3.05) is 10.6 Å². The highest BCUT2D eigenvalue weighted by atomic mass is 79.9. The topological polar surface area (TPSA) is 91.3 Å². The molecule has 2 rings (SSSR count). The SMILES string of the molecule is O=C(Nc1ccccn1)Nc1ccc(Br)cc1C(=O)O. The fourth-order valence-corrected chi connectivity index (χ4v) is 1.87. The minimum Gasteiger partial charge on any atom is -0.478 e. The van der Waals surface area contributed by atoms with Gasteiger partial charge in [0.05, 0.1) is 11.3 Å². The fourth-order valence-electron chi connectivity index (χ4n) is 1.51. The summed E-state index contributed by atoms with van der Waals surface area (Å²) in [7, 11) is 0. The number of hydrogen-bond acceptors (Lipinski definition) is 3. The van der Waals surface area contributed by atoms with Gasteiger partial charge in [0.2, 0.25) is 0 Å². The van der Waals surface area contributed by atoms with E-state index in [-0.39, 0.29) is 11.3 Å². The Hall–Kier alpha value is -2.41. The lowest BCUT2D eigenvalue weighted by Gasteiger charge is -2.09. The zero-order valence-corrected chi connectivity index (χ0v) is 11.7. The Morgan fingerprint density at radius 3 is 2.60 bits per heavy atom. The second kappa shape index (κ2) is 6.16. The second-order valence-electron chi connectivity index (χ2n) is 3.79. The summed E-state index contributed by atoms with van der Waals surface area (Å²) in [6.07, 6.45) is 1.54. The summed E-state index contributed by atoms with van der Waals surface area (Å²) in [6.45, 7) is 0. The number of carbonyl (C=O) groups excluding carboxylic acids is 1. The number of nitrogens with one attached hydrogen (secondary N) is 2. The molecule has 0 bridgehead atoms. The first-order chi connectivity index (χ1) is 9.56. The van der Waals surface area contributed by atoms with Crippen molar-refractivity contribution in [3.8, 4) is 0 Å². The van der Waals surface area contributed by atoms with Crippen LogP contribution < -0.4 is 10.6 Å². The van der Waals surface area contributed by atoms with Gasteiger partial charge < -0.3 is 10.4 Å². The molecule has 0 atom stereocenters. The maximum absolute atomic E-state index is 11.8. The van der Waals surface area contributed by atoms with Crippen LogP contribution in [0.25, 0.3) is 0 Å². The number of aromatic nitrogens is 1. The van der Waals surface area contributed by atoms with Crippen molar-refractivity contribution in [1.82, 2.24) is 4.98 Å². The second-order valence-corrected chi connectivity index (χ2v) is 4.70. The number of carboxylic acid groups (broad SMARTS) is 1. The largest absolute Gasteiger partial charge is 0.478 e. The average molecular weight is 336 g/mol. The van der Waals surface area contributed by atoms with Gasteiger partial charge in [0.1, 0.15) is 5.82 Å². The highest BCUT2D eigenvalue weighted by molar-refractivity contribution is 9.10. The smallest absolute Gasteiger partial charge is 0.337 e. The summed E-state index contributed by atoms with van der Waals surface area (Å²) in [4.78, 5) is 26.8. The van der Waals surface area contributed by atoms with E-state index in [9.17, 15) is 9.59 Å². The van der Waals surface area contributed by atoms with Gasteiger partial charge in [-0.05, 0) is 30.3 Å². The molecule has 2 aromatic rings. The maximum atomic E-state index is 11.8. The van der Waals surface area contributed by atoms with Gasteiger partial charge in [-0.1, -0.05) is 22.0 Å². The van der Waals surface area contributed by atoms with E-state index in [1.54, 1.807) is 24.3 Å². The summed E-state index contributed by atoms with van der Waals surface area (Å²) in [5.41, 5.74) is 0.199. The number of amides is 2. The van der Waals surface area contributed by atoms with Crippen LogP contribution in [0.2, 0.25) is 0 Å². The molecule has 6 nitrogen and oxygen atoms in total. The number of pyridine rings is 1. The molecule has 0 aliphatic carbocycles. The summed E-state index contributed by atoms with van der Waals surface area (Å²) >= 11 is 3.18. The Kier molecular flexibility index (Phi) is 4.31. The van der Waals surface area contributed by atoms with Crippen molar-refractivity contribution in [3.05, 3.63) is 52.6 Å². The molecule has 0 unspecified atom stereocenters. The zero-order chi connectivity index (χ0) is 14.5. The van der Waals surface area contributed by atoms with E-state index in [1.807, 2.05) is 0 Å². The predicted molar refractivity (Wildman–Crippen MR) is 78.0 cm³/mol. The molecule has 0 aliphatic heterocycles. The van der Waals surface area contributed by atoms with Crippen LogP contribution in [0.1, 0.15) is 10.4 Å². The van der Waals surface area contributed by atoms with Crippen molar-refractivity contribution < 1.29 is 14.7 Å². The molecule has 7 heteroatoms. The minimum absolute atomic E-state index is 0.00412. The van der Waals surface area contributed by atoms with Gasteiger partial charge >= 0.3 is 12.0 Å². The molecule has 20 heavy (non-hydrogen) atoms. The summed E-state index contributed by atoms with van der Waals surface area (Å²) < 4.78 is 0.616. The summed E-state index contributed by atoms with van der Waals surface area (Å²) in [5, 5.41) is 14.1. The third-order valence-electron chi connectivity index (χ3n) is 2.37. The van der Waals surface area contributed by atoms with E-state index < -0.39 is 12.0 Å². The first-order valence-electron chi connectivity index (χ1n) is 5.58. The average Bonchev–Trinajstić information content (AvgIpc) is 2.41. The highest BCUT2D eigenvalue weighted by Gasteiger charge is 2.13. The van der Waals surface area contributed by atoms with Crippen LogP contribution in [0.4, 0.5) is 16.3 Å². The van der Waals surface area contributed by atoms with Gasteiger partial charge in [0, 0.05) is 10.7 Å². The third-order valence-corrected chi connectivity index (χ3v) is 2.86. The van der Waals surface area contributed by atoms with Gasteiger partial charge in [-0.15, -0.1) is 0 Å². The van der Waals surface area contributed by atoms with E-state index in [4.69, 9.17) is 5.11 Å². The molecule has 0 spiro atoms. The van der Waals surface area contributed by atoms with Gasteiger partial charge in [-0.25, -0.2) is 14.6 Å². The van der Waals surface area contributed by atoms with E-state index in [1.165, 1.54) is 18.3 Å². The van der Waals surface area contributed by atoms with Crippen LogP contribution in [0.15, 0.2) is 47.1 Å². The Morgan fingerprint density at radius 2 is 1.95 bits per heavy atom. The van der Waals surface area contributed by atoms with E-state index in [0.717, 1.165) is 0 Å². The number of halogens is 1. The Bertz CT molecular complexity index is 647. The van der Waals surface area contributed by atoms with Crippen LogP contribution >= 0.6 is 15.9 Å². The van der Waals surface area contributed by atoms with E-state index in [0.29, 0.717) is 10.3 Å². The van der Waals surface area contributed by atoms with Gasteiger partial charge in [0.25, 0.3) is 0 Å². The molecule has 0 fully saturated rings. The third kappa shape index (κ3) is 3.55. The highest BCUT2D eigenvalue weighted by Crippen LogP contribution is 2.21. The van der Waals surface area contributed by atoms with Crippen molar-refractivity contribution in [2.45, 2.75) is 0 Å². The predicted octanol–water partition coefficient (Wildman–Crippen LogP) is 3.19. The molecule has 1 aromatic heterocycles. The number of urea groups is 1. The van der Waals surface area contributed by atoms with Crippen LogP contribution in [-0.4, -0.2) is 22.1 Å². The van der Waals surface area contributed by atoms with Gasteiger partial charge in [-0.3, -0.25) is 5.32 Å². The van der Waals surface area contributed by atoms with Crippen molar-refractivity contribution >= 4 is 39.4 Å². The number of nitrogens with zero attached hydrogens (tertiary/aromatic N) is 1. The normalized spacial score (nSPS) is 9.85. The molecule has 0 saturated heterocycles. The number of carboxylic acids is 1. The van der Waals surface area contributed by atoms with Crippen LogP contribution in [0, 0.1) is 0 Å². The monoisotopic (exact) mass is 335 g/mol. The number of carbonyl (C=O) groups is 2. The number of benzene rings is 1. The molecule has 0 aliphatic rings. The minimum atomic E-state index is -1.13.